The van der Waals surface area contributed by atoms with E-state index >= 15 is 0 Å². The molecule has 0 aliphatic carbocycles. The molecule has 0 radical (unpaired) electrons. The summed E-state index contributed by atoms with van der Waals surface area (Å²) < 4.78 is 17.5. The van der Waals surface area contributed by atoms with Crippen LogP contribution < -0.4 is 0 Å². The molecule has 0 aliphatic rings. The fourth-order valence-corrected chi connectivity index (χ4v) is 0.954. The van der Waals surface area contributed by atoms with Gasteiger partial charge in [0, 0.05) is 8.29 Å². The van der Waals surface area contributed by atoms with Crippen LogP contribution in [0.3, 0.4) is 0 Å². The minimum Gasteiger partial charge on any atom is -0.466 e. The number of rotatable bonds is 4. The van der Waals surface area contributed by atoms with Gasteiger partial charge in [-0.1, -0.05) is 20.8 Å². The second-order valence-electron chi connectivity index (χ2n) is 4.31. The van der Waals surface area contributed by atoms with Crippen molar-refractivity contribution in [2.75, 3.05) is 6.61 Å². The zero-order chi connectivity index (χ0) is 12.9. The second kappa shape index (κ2) is 5.73. The van der Waals surface area contributed by atoms with Gasteiger partial charge in [0.15, 0.2) is 0 Å². The van der Waals surface area contributed by atoms with Crippen LogP contribution in [-0.4, -0.2) is 24.6 Å². The van der Waals surface area contributed by atoms with E-state index in [1.807, 2.05) is 0 Å². The molecule has 88 valence electrons. The van der Waals surface area contributed by atoms with Gasteiger partial charge in [-0.15, -0.1) is 0 Å². The fraction of sp³-hybridized carbons (Fsp3) is 0.818. The zero-order valence-electron chi connectivity index (χ0n) is 11.0. The summed E-state index contributed by atoms with van der Waals surface area (Å²) in [7, 11) is 0. The van der Waals surface area contributed by atoms with E-state index in [2.05, 4.69) is 0 Å². The van der Waals surface area contributed by atoms with Gasteiger partial charge in [-0.2, -0.15) is 0 Å². The fourth-order valence-electron chi connectivity index (χ4n) is 0.954. The lowest BCUT2D eigenvalue weighted by molar-refractivity contribution is -0.159. The maximum absolute atomic E-state index is 11.4. The van der Waals surface area contributed by atoms with Crippen molar-refractivity contribution >= 4 is 11.9 Å². The minimum atomic E-state index is -1.20. The Bertz CT molecular complexity index is 257. The standard InChI is InChI=1S/C11H20O4/c1-6-14-10(13)7-9(11(3,4)5)15-8(2)12/h9H,6-7H2,1-5H3/t9-/m0/s1/i7D/t7-,9+/m1. The third kappa shape index (κ3) is 6.10. The van der Waals surface area contributed by atoms with Crippen LogP contribution >= 0.6 is 0 Å². The number of carbonyl (C=O) groups excluding carboxylic acids is 2. The summed E-state index contributed by atoms with van der Waals surface area (Å²) in [6, 6.07) is 0. The van der Waals surface area contributed by atoms with Gasteiger partial charge in [0.25, 0.3) is 0 Å². The van der Waals surface area contributed by atoms with Crippen LogP contribution in [0.25, 0.3) is 0 Å². The predicted octanol–water partition coefficient (Wildman–Crippen LogP) is 1.92. The van der Waals surface area contributed by atoms with E-state index in [1.54, 1.807) is 27.7 Å². The number of hydrogen-bond acceptors (Lipinski definition) is 4. The lowest BCUT2D eigenvalue weighted by Gasteiger charge is -2.29. The van der Waals surface area contributed by atoms with Crippen LogP contribution in [0.5, 0.6) is 0 Å². The topological polar surface area (TPSA) is 52.6 Å². The summed E-state index contributed by atoms with van der Waals surface area (Å²) >= 11 is 0. The van der Waals surface area contributed by atoms with Gasteiger partial charge in [0.2, 0.25) is 0 Å². The molecule has 4 heteroatoms. The summed E-state index contributed by atoms with van der Waals surface area (Å²) in [5.41, 5.74) is -0.481. The quantitative estimate of drug-likeness (QED) is 0.675. The van der Waals surface area contributed by atoms with Crippen molar-refractivity contribution in [3.05, 3.63) is 0 Å². The summed E-state index contributed by atoms with van der Waals surface area (Å²) in [5, 5.41) is 0. The summed E-state index contributed by atoms with van der Waals surface area (Å²) in [6.45, 7) is 8.56. The first-order chi connectivity index (χ1) is 7.20. The predicted molar refractivity (Wildman–Crippen MR) is 56.3 cm³/mol. The molecule has 0 rings (SSSR count). The van der Waals surface area contributed by atoms with Gasteiger partial charge >= 0.3 is 11.9 Å². The Balaban J connectivity index is 4.75. The maximum Gasteiger partial charge on any atom is 0.309 e. The highest BCUT2D eigenvalue weighted by Crippen LogP contribution is 2.25. The molecule has 0 aromatic carbocycles. The van der Waals surface area contributed by atoms with E-state index in [9.17, 15) is 9.59 Å². The third-order valence-electron chi connectivity index (χ3n) is 1.72. The first-order valence-electron chi connectivity index (χ1n) is 5.54. The highest BCUT2D eigenvalue weighted by molar-refractivity contribution is 5.71. The Kier molecular flexibility index (Phi) is 4.59. The molecule has 15 heavy (non-hydrogen) atoms. The van der Waals surface area contributed by atoms with Crippen molar-refractivity contribution in [1.29, 1.82) is 0 Å². The van der Waals surface area contributed by atoms with E-state index in [0.29, 0.717) is 0 Å². The lowest BCUT2D eigenvalue weighted by Crippen LogP contribution is -2.33. The molecule has 2 atom stereocenters. The molecule has 0 saturated heterocycles. The minimum absolute atomic E-state index is 0.213. The van der Waals surface area contributed by atoms with Crippen LogP contribution in [0.2, 0.25) is 0 Å². The summed E-state index contributed by atoms with van der Waals surface area (Å²) in [6.07, 6.45) is -2.01. The SMILES string of the molecule is [2H][C@@H](C(=O)OCC)[C@H](OC(C)=O)C(C)(C)C. The van der Waals surface area contributed by atoms with Crippen molar-refractivity contribution in [2.24, 2.45) is 5.41 Å². The van der Waals surface area contributed by atoms with Gasteiger partial charge in [0.05, 0.1) is 13.0 Å². The lowest BCUT2D eigenvalue weighted by atomic mass is 9.87. The van der Waals surface area contributed by atoms with Crippen LogP contribution in [0.1, 0.15) is 42.4 Å². The molecule has 0 heterocycles. The third-order valence-corrected chi connectivity index (χ3v) is 1.72. The second-order valence-corrected chi connectivity index (χ2v) is 4.31. The molecule has 0 amide bonds. The number of carbonyl (C=O) groups is 2. The molecule has 4 nitrogen and oxygen atoms in total. The normalized spacial score (nSPS) is 16.2. The molecule has 0 aromatic heterocycles. The van der Waals surface area contributed by atoms with E-state index in [-0.39, 0.29) is 6.61 Å². The van der Waals surface area contributed by atoms with Crippen molar-refractivity contribution in [2.45, 2.75) is 47.1 Å². The van der Waals surface area contributed by atoms with Gasteiger partial charge in [-0.05, 0) is 12.3 Å². The van der Waals surface area contributed by atoms with Crippen molar-refractivity contribution in [3.63, 3.8) is 0 Å². The molecule has 0 N–H and O–H groups in total. The Labute approximate surface area is 92.3 Å². The van der Waals surface area contributed by atoms with Crippen LogP contribution in [0, 0.1) is 5.41 Å². The van der Waals surface area contributed by atoms with Gasteiger partial charge in [-0.3, -0.25) is 9.59 Å². The van der Waals surface area contributed by atoms with Crippen LogP contribution in [0.4, 0.5) is 0 Å². The molecule has 0 aliphatic heterocycles. The zero-order valence-corrected chi connectivity index (χ0v) is 9.99. The number of esters is 2. The van der Waals surface area contributed by atoms with Gasteiger partial charge in [-0.25, -0.2) is 0 Å². The highest BCUT2D eigenvalue weighted by Gasteiger charge is 2.30. The first-order valence-corrected chi connectivity index (χ1v) is 4.96. The molecule has 0 unspecified atom stereocenters. The van der Waals surface area contributed by atoms with E-state index < -0.39 is 29.9 Å². The molecular formula is C11H20O4. The van der Waals surface area contributed by atoms with Gasteiger partial charge in [0.1, 0.15) is 6.10 Å². The van der Waals surface area contributed by atoms with Crippen molar-refractivity contribution in [1.82, 2.24) is 0 Å². The monoisotopic (exact) mass is 217 g/mol. The molecule has 0 aromatic rings. The van der Waals surface area contributed by atoms with Crippen LogP contribution in [0.15, 0.2) is 0 Å². The first kappa shape index (κ1) is 12.0. The smallest absolute Gasteiger partial charge is 0.309 e. The molecule has 0 saturated carbocycles. The molecule has 0 bridgehead atoms. The number of hydrogen-bond donors (Lipinski definition) is 0. The molecule has 0 spiro atoms. The van der Waals surface area contributed by atoms with E-state index in [1.165, 1.54) is 6.92 Å². The average molecular weight is 217 g/mol. The highest BCUT2D eigenvalue weighted by atomic mass is 16.6. The molecular weight excluding hydrogens is 196 g/mol. The Morgan fingerprint density at radius 1 is 1.40 bits per heavy atom. The van der Waals surface area contributed by atoms with E-state index in [0.717, 1.165) is 0 Å². The Morgan fingerprint density at radius 3 is 2.27 bits per heavy atom. The number of ether oxygens (including phenoxy) is 2. The summed E-state index contributed by atoms with van der Waals surface area (Å²) in [4.78, 5) is 22.3. The van der Waals surface area contributed by atoms with Crippen LogP contribution in [-0.2, 0) is 19.1 Å². The van der Waals surface area contributed by atoms with Gasteiger partial charge < -0.3 is 9.47 Å². The van der Waals surface area contributed by atoms with Crippen molar-refractivity contribution in [3.8, 4) is 0 Å². The van der Waals surface area contributed by atoms with Crippen molar-refractivity contribution < 1.29 is 20.4 Å². The maximum atomic E-state index is 11.4. The average Bonchev–Trinajstić information content (AvgIpc) is 2.11. The Hall–Kier alpha value is -1.06. The summed E-state index contributed by atoms with van der Waals surface area (Å²) in [5.74, 6) is -1.16. The molecule has 0 fully saturated rings. The largest absolute Gasteiger partial charge is 0.466 e. The van der Waals surface area contributed by atoms with E-state index in [4.69, 9.17) is 10.8 Å². The Morgan fingerprint density at radius 2 is 1.93 bits per heavy atom.